The first-order valence-electron chi connectivity index (χ1n) is 6.85. The minimum atomic E-state index is -4.48. The highest BCUT2D eigenvalue weighted by atomic mass is 19.4. The molecular weight excluding hydrogens is 309 g/mol. The highest BCUT2D eigenvalue weighted by Gasteiger charge is 2.38. The molecule has 0 fully saturated rings. The summed E-state index contributed by atoms with van der Waals surface area (Å²) in [6.45, 7) is 3.45. The number of benzene rings is 1. The lowest BCUT2D eigenvalue weighted by atomic mass is 10.0. The average Bonchev–Trinajstić information content (AvgIpc) is 3.02. The number of halogens is 3. The largest absolute Gasteiger partial charge is 0.416 e. The normalized spacial score (nSPS) is 18.5. The number of carbonyl (C=O) groups excluding carboxylic acids is 1. The van der Waals surface area contributed by atoms with E-state index in [0.29, 0.717) is 11.4 Å². The van der Waals surface area contributed by atoms with Gasteiger partial charge in [-0.2, -0.15) is 28.4 Å². The molecule has 1 aromatic heterocycles. The summed E-state index contributed by atoms with van der Waals surface area (Å²) in [5.41, 5.74) is 1.04. The van der Waals surface area contributed by atoms with E-state index in [1.807, 2.05) is 0 Å². The topological polar surface area (TPSA) is 61.4 Å². The fourth-order valence-electron chi connectivity index (χ4n) is 2.49. The lowest BCUT2D eigenvalue weighted by Crippen LogP contribution is -2.26. The van der Waals surface area contributed by atoms with Crippen molar-refractivity contribution in [3.8, 4) is 0 Å². The number of anilines is 1. The van der Waals surface area contributed by atoms with Gasteiger partial charge < -0.3 is 0 Å². The summed E-state index contributed by atoms with van der Waals surface area (Å²) in [7, 11) is 0. The molecule has 1 N–H and O–H groups in total. The number of amides is 1. The van der Waals surface area contributed by atoms with Crippen LogP contribution in [-0.2, 0) is 11.0 Å². The number of H-pyrrole nitrogens is 1. The predicted octanol–water partition coefficient (Wildman–Crippen LogP) is 3.24. The summed E-state index contributed by atoms with van der Waals surface area (Å²) >= 11 is 0. The first kappa shape index (κ1) is 15.3. The molecule has 1 aromatic carbocycles. The van der Waals surface area contributed by atoms with Crippen molar-refractivity contribution >= 4 is 17.3 Å². The molecule has 1 atom stereocenters. The summed E-state index contributed by atoms with van der Waals surface area (Å²) in [5, 5.41) is 11.9. The van der Waals surface area contributed by atoms with Crippen molar-refractivity contribution in [3.63, 3.8) is 0 Å². The Labute approximate surface area is 129 Å². The molecule has 23 heavy (non-hydrogen) atoms. The van der Waals surface area contributed by atoms with Crippen LogP contribution in [0.3, 0.4) is 0 Å². The first-order chi connectivity index (χ1) is 10.8. The average molecular weight is 322 g/mol. The van der Waals surface area contributed by atoms with Gasteiger partial charge in [0.1, 0.15) is 5.92 Å². The lowest BCUT2D eigenvalue weighted by Gasteiger charge is -2.15. The molecule has 0 radical (unpaired) electrons. The predicted molar refractivity (Wildman–Crippen MR) is 78.1 cm³/mol. The van der Waals surface area contributed by atoms with E-state index in [1.54, 1.807) is 19.9 Å². The van der Waals surface area contributed by atoms with Gasteiger partial charge in [0.15, 0.2) is 0 Å². The molecule has 0 bridgehead atoms. The second kappa shape index (κ2) is 5.22. The molecule has 0 spiro atoms. The third-order valence-electron chi connectivity index (χ3n) is 3.57. The van der Waals surface area contributed by atoms with Gasteiger partial charge in [-0.25, -0.2) is 0 Å². The summed E-state index contributed by atoms with van der Waals surface area (Å²) < 4.78 is 38.5. The molecule has 120 valence electrons. The molecule has 0 aliphatic carbocycles. The van der Waals surface area contributed by atoms with Gasteiger partial charge in [-0.3, -0.25) is 9.89 Å². The van der Waals surface area contributed by atoms with Crippen molar-refractivity contribution in [1.29, 1.82) is 0 Å². The number of aromatic nitrogens is 2. The summed E-state index contributed by atoms with van der Waals surface area (Å²) in [6.07, 6.45) is -4.48. The van der Waals surface area contributed by atoms with E-state index in [1.165, 1.54) is 12.1 Å². The molecule has 1 amide bonds. The van der Waals surface area contributed by atoms with Gasteiger partial charge in [-0.05, 0) is 38.1 Å². The number of hydrogen-bond acceptors (Lipinski definition) is 3. The molecule has 8 heteroatoms. The first-order valence-corrected chi connectivity index (χ1v) is 6.85. The maximum absolute atomic E-state index is 12.8. The summed E-state index contributed by atoms with van der Waals surface area (Å²) in [4.78, 5) is 12.6. The second-order valence-corrected chi connectivity index (χ2v) is 5.35. The van der Waals surface area contributed by atoms with Crippen molar-refractivity contribution in [3.05, 3.63) is 47.3 Å². The Morgan fingerprint density at radius 3 is 2.57 bits per heavy atom. The SMILES string of the molecule is CC1=NN(c2cccc(C(F)(F)F)c2)C(=O)C1c1cc(C)[nH]n1. The van der Waals surface area contributed by atoms with Crippen LogP contribution in [0.4, 0.5) is 18.9 Å². The standard InChI is InChI=1S/C15H13F3N4O/c1-8-6-12(20-19-8)13-9(2)21-22(14(13)23)11-5-3-4-10(7-11)15(16,17)18/h3-7,13H,1-2H3,(H,19,20). The number of nitrogens with zero attached hydrogens (tertiary/aromatic N) is 3. The van der Waals surface area contributed by atoms with Gasteiger partial charge in [-0.1, -0.05) is 6.07 Å². The Hall–Kier alpha value is -2.64. The van der Waals surface area contributed by atoms with Crippen LogP contribution in [0.15, 0.2) is 35.4 Å². The van der Waals surface area contributed by atoms with E-state index in [-0.39, 0.29) is 5.69 Å². The fourth-order valence-corrected chi connectivity index (χ4v) is 2.49. The van der Waals surface area contributed by atoms with E-state index >= 15 is 0 Å². The number of alkyl halides is 3. The van der Waals surface area contributed by atoms with E-state index in [2.05, 4.69) is 15.3 Å². The van der Waals surface area contributed by atoms with Gasteiger partial charge in [-0.15, -0.1) is 0 Å². The maximum atomic E-state index is 12.8. The monoisotopic (exact) mass is 322 g/mol. The van der Waals surface area contributed by atoms with Crippen LogP contribution in [0.5, 0.6) is 0 Å². The van der Waals surface area contributed by atoms with Gasteiger partial charge >= 0.3 is 6.18 Å². The van der Waals surface area contributed by atoms with Crippen molar-refractivity contribution in [2.75, 3.05) is 5.01 Å². The lowest BCUT2D eigenvalue weighted by molar-refractivity contribution is -0.137. The molecule has 0 saturated carbocycles. The molecule has 2 aromatic rings. The number of hydrazone groups is 1. The second-order valence-electron chi connectivity index (χ2n) is 5.35. The molecule has 3 rings (SSSR count). The zero-order chi connectivity index (χ0) is 16.8. The minimum absolute atomic E-state index is 0.0823. The van der Waals surface area contributed by atoms with Crippen LogP contribution in [-0.4, -0.2) is 21.8 Å². The van der Waals surface area contributed by atoms with Crippen LogP contribution in [0.25, 0.3) is 0 Å². The Morgan fingerprint density at radius 1 is 1.22 bits per heavy atom. The maximum Gasteiger partial charge on any atom is 0.416 e. The van der Waals surface area contributed by atoms with Gasteiger partial charge in [0, 0.05) is 5.69 Å². The molecule has 1 unspecified atom stereocenters. The van der Waals surface area contributed by atoms with Crippen molar-refractivity contribution in [1.82, 2.24) is 10.2 Å². The quantitative estimate of drug-likeness (QED) is 0.922. The van der Waals surface area contributed by atoms with E-state index in [4.69, 9.17) is 0 Å². The zero-order valence-corrected chi connectivity index (χ0v) is 12.3. The Morgan fingerprint density at radius 2 is 1.96 bits per heavy atom. The highest BCUT2D eigenvalue weighted by Crippen LogP contribution is 2.34. The van der Waals surface area contributed by atoms with Gasteiger partial charge in [0.25, 0.3) is 5.91 Å². The van der Waals surface area contributed by atoms with Gasteiger partial charge in [0.2, 0.25) is 0 Å². The van der Waals surface area contributed by atoms with E-state index in [9.17, 15) is 18.0 Å². The Bertz CT molecular complexity index is 794. The smallest absolute Gasteiger partial charge is 0.283 e. The van der Waals surface area contributed by atoms with E-state index < -0.39 is 23.6 Å². The number of rotatable bonds is 2. The van der Waals surface area contributed by atoms with Crippen LogP contribution in [0.2, 0.25) is 0 Å². The highest BCUT2D eigenvalue weighted by molar-refractivity contribution is 6.18. The molecule has 5 nitrogen and oxygen atoms in total. The van der Waals surface area contributed by atoms with Crippen LogP contribution in [0.1, 0.15) is 29.8 Å². The summed E-state index contributed by atoms with van der Waals surface area (Å²) in [5.74, 6) is -1.11. The van der Waals surface area contributed by atoms with Crippen LogP contribution >= 0.6 is 0 Å². The Kier molecular flexibility index (Phi) is 3.46. The molecule has 0 saturated heterocycles. The van der Waals surface area contributed by atoms with E-state index in [0.717, 1.165) is 22.8 Å². The Balaban J connectivity index is 1.95. The third kappa shape index (κ3) is 2.71. The number of aryl methyl sites for hydroxylation is 1. The molecule has 2 heterocycles. The van der Waals surface area contributed by atoms with Crippen LogP contribution < -0.4 is 5.01 Å². The number of hydrogen-bond donors (Lipinski definition) is 1. The molecule has 1 aliphatic heterocycles. The number of carbonyl (C=O) groups is 1. The minimum Gasteiger partial charge on any atom is -0.283 e. The number of aromatic amines is 1. The van der Waals surface area contributed by atoms with Crippen molar-refractivity contribution in [2.24, 2.45) is 5.10 Å². The third-order valence-corrected chi connectivity index (χ3v) is 3.57. The summed E-state index contributed by atoms with van der Waals surface area (Å²) in [6, 6.07) is 6.25. The fraction of sp³-hybridized carbons (Fsp3) is 0.267. The van der Waals surface area contributed by atoms with Crippen LogP contribution in [0, 0.1) is 6.92 Å². The van der Waals surface area contributed by atoms with Crippen molar-refractivity contribution in [2.45, 2.75) is 25.9 Å². The van der Waals surface area contributed by atoms with Gasteiger partial charge in [0.05, 0.1) is 22.7 Å². The molecular formula is C15H13F3N4O. The number of nitrogens with one attached hydrogen (secondary N) is 1. The van der Waals surface area contributed by atoms with Crippen molar-refractivity contribution < 1.29 is 18.0 Å². The zero-order valence-electron chi connectivity index (χ0n) is 12.3. The molecule has 1 aliphatic rings.